The van der Waals surface area contributed by atoms with Gasteiger partial charge in [-0.3, -0.25) is 4.90 Å². The number of benzene rings is 3. The highest BCUT2D eigenvalue weighted by molar-refractivity contribution is 6.05. The lowest BCUT2D eigenvalue weighted by Gasteiger charge is -2.29. The van der Waals surface area contributed by atoms with Crippen molar-refractivity contribution in [3.8, 4) is 0 Å². The fourth-order valence-electron chi connectivity index (χ4n) is 3.28. The highest BCUT2D eigenvalue weighted by atomic mass is 16.2. The molecule has 1 heterocycles. The maximum absolute atomic E-state index is 13.4. The molecule has 0 aromatic heterocycles. The van der Waals surface area contributed by atoms with Crippen LogP contribution in [0.4, 0.5) is 16.2 Å². The monoisotopic (exact) mass is 340 g/mol. The fourth-order valence-corrected chi connectivity index (χ4v) is 3.28. The van der Waals surface area contributed by atoms with E-state index >= 15 is 0 Å². The molecule has 0 saturated heterocycles. The van der Waals surface area contributed by atoms with Gasteiger partial charge >= 0.3 is 6.03 Å². The predicted octanol–water partition coefficient (Wildman–Crippen LogP) is 5.56. The normalized spacial score (nSPS) is 12.1. The van der Waals surface area contributed by atoms with Gasteiger partial charge in [0.05, 0.1) is 11.4 Å². The molecule has 0 unspecified atom stereocenters. The van der Waals surface area contributed by atoms with Crippen LogP contribution >= 0.6 is 0 Å². The van der Waals surface area contributed by atoms with Crippen molar-refractivity contribution < 1.29 is 4.79 Å². The Labute approximate surface area is 153 Å². The quantitative estimate of drug-likeness (QED) is 0.599. The summed E-state index contributed by atoms with van der Waals surface area (Å²) in [6.07, 6.45) is 4.14. The third-order valence-electron chi connectivity index (χ3n) is 4.58. The van der Waals surface area contributed by atoms with Crippen LogP contribution in [-0.4, -0.2) is 18.0 Å². The van der Waals surface area contributed by atoms with Crippen LogP contribution in [0.15, 0.2) is 78.9 Å². The molecule has 0 aliphatic carbocycles. The minimum Gasteiger partial charge on any atom is -0.323 e. The number of carbonyl (C=O) groups is 1. The van der Waals surface area contributed by atoms with Crippen LogP contribution in [0.1, 0.15) is 16.7 Å². The summed E-state index contributed by atoms with van der Waals surface area (Å²) < 4.78 is 0. The van der Waals surface area contributed by atoms with Gasteiger partial charge in [0.1, 0.15) is 0 Å². The summed E-state index contributed by atoms with van der Waals surface area (Å²) in [5.41, 5.74) is 4.98. The average molecular weight is 340 g/mol. The Balaban J connectivity index is 1.75. The van der Waals surface area contributed by atoms with E-state index in [1.807, 2.05) is 90.8 Å². The molecule has 0 saturated carbocycles. The van der Waals surface area contributed by atoms with Crippen LogP contribution < -0.4 is 4.90 Å². The number of hydrogen-bond donors (Lipinski definition) is 0. The summed E-state index contributed by atoms with van der Waals surface area (Å²) in [6.45, 7) is 0.563. The van der Waals surface area contributed by atoms with E-state index in [1.165, 1.54) is 0 Å². The molecule has 3 aromatic carbocycles. The van der Waals surface area contributed by atoms with Gasteiger partial charge in [-0.2, -0.15) is 0 Å². The van der Waals surface area contributed by atoms with E-state index in [-0.39, 0.29) is 6.03 Å². The molecule has 0 fully saturated rings. The molecule has 4 rings (SSSR count). The summed E-state index contributed by atoms with van der Waals surface area (Å²) >= 11 is 0. The van der Waals surface area contributed by atoms with Gasteiger partial charge in [0.2, 0.25) is 0 Å². The van der Waals surface area contributed by atoms with Crippen LogP contribution in [0.25, 0.3) is 12.2 Å². The average Bonchev–Trinajstić information content (AvgIpc) is 2.85. The number of fused-ring (bicyclic) bond motifs is 2. The molecule has 0 radical (unpaired) electrons. The zero-order valence-electron chi connectivity index (χ0n) is 14.7. The van der Waals surface area contributed by atoms with Crippen molar-refractivity contribution in [2.24, 2.45) is 0 Å². The number of nitrogens with zero attached hydrogens (tertiary/aromatic N) is 2. The minimum atomic E-state index is -0.0440. The van der Waals surface area contributed by atoms with Crippen LogP contribution in [0.2, 0.25) is 0 Å². The predicted molar refractivity (Wildman–Crippen MR) is 107 cm³/mol. The second kappa shape index (κ2) is 6.89. The van der Waals surface area contributed by atoms with Gasteiger partial charge in [-0.1, -0.05) is 78.9 Å². The van der Waals surface area contributed by atoms with E-state index in [9.17, 15) is 4.79 Å². The van der Waals surface area contributed by atoms with Crippen LogP contribution in [0.5, 0.6) is 0 Å². The van der Waals surface area contributed by atoms with Gasteiger partial charge in [0.15, 0.2) is 0 Å². The van der Waals surface area contributed by atoms with Crippen LogP contribution in [0.3, 0.4) is 0 Å². The largest absolute Gasteiger partial charge is 0.329 e. The Kier molecular flexibility index (Phi) is 4.28. The minimum absolute atomic E-state index is 0.0440. The van der Waals surface area contributed by atoms with Gasteiger partial charge in [-0.15, -0.1) is 0 Å². The topological polar surface area (TPSA) is 23.6 Å². The van der Waals surface area contributed by atoms with Crippen molar-refractivity contribution in [2.75, 3.05) is 11.9 Å². The first-order valence-corrected chi connectivity index (χ1v) is 8.69. The zero-order chi connectivity index (χ0) is 17.9. The lowest BCUT2D eigenvalue weighted by Crippen LogP contribution is -2.38. The van der Waals surface area contributed by atoms with Crippen molar-refractivity contribution in [3.05, 3.63) is 95.6 Å². The third-order valence-corrected chi connectivity index (χ3v) is 4.58. The fraction of sp³-hybridized carbons (Fsp3) is 0.0870. The number of hydrogen-bond acceptors (Lipinski definition) is 1. The van der Waals surface area contributed by atoms with E-state index in [4.69, 9.17) is 0 Å². The molecule has 3 aromatic rings. The van der Waals surface area contributed by atoms with Gasteiger partial charge in [0.25, 0.3) is 0 Å². The Hall–Kier alpha value is -3.33. The molecule has 1 aliphatic heterocycles. The van der Waals surface area contributed by atoms with Crippen molar-refractivity contribution in [3.63, 3.8) is 0 Å². The maximum Gasteiger partial charge on any atom is 0.329 e. The van der Waals surface area contributed by atoms with Crippen LogP contribution in [0, 0.1) is 0 Å². The number of amides is 2. The molecular weight excluding hydrogens is 320 g/mol. The first kappa shape index (κ1) is 16.2. The van der Waals surface area contributed by atoms with E-state index in [1.54, 1.807) is 4.90 Å². The first-order valence-electron chi connectivity index (χ1n) is 8.69. The summed E-state index contributed by atoms with van der Waals surface area (Å²) in [4.78, 5) is 17.0. The standard InChI is InChI=1S/C23H20N2O/c1-24(17-18-9-3-2-4-10-18)23(26)25-21-13-7-5-11-19(21)15-16-20-12-6-8-14-22(20)25/h2-16H,17H2,1H3. The molecular formula is C23H20N2O. The number of anilines is 2. The molecule has 26 heavy (non-hydrogen) atoms. The number of para-hydroxylation sites is 2. The molecule has 0 spiro atoms. The molecule has 1 aliphatic rings. The summed E-state index contributed by atoms with van der Waals surface area (Å²) in [5.74, 6) is 0. The number of carbonyl (C=O) groups excluding carboxylic acids is 1. The summed E-state index contributed by atoms with van der Waals surface area (Å²) in [6, 6.07) is 26.0. The van der Waals surface area contributed by atoms with Gasteiger partial charge in [-0.25, -0.2) is 4.79 Å². The van der Waals surface area contributed by atoms with Gasteiger partial charge in [-0.05, 0) is 28.8 Å². The lowest BCUT2D eigenvalue weighted by atomic mass is 10.1. The Morgan fingerprint density at radius 2 is 1.27 bits per heavy atom. The summed E-state index contributed by atoms with van der Waals surface area (Å²) in [7, 11) is 1.85. The second-order valence-corrected chi connectivity index (χ2v) is 6.41. The Morgan fingerprint density at radius 1 is 0.769 bits per heavy atom. The van der Waals surface area contributed by atoms with Crippen molar-refractivity contribution in [2.45, 2.75) is 6.54 Å². The zero-order valence-corrected chi connectivity index (χ0v) is 14.7. The number of urea groups is 1. The molecule has 2 amide bonds. The van der Waals surface area contributed by atoms with Crippen molar-refractivity contribution in [1.82, 2.24) is 4.90 Å². The van der Waals surface area contributed by atoms with Crippen molar-refractivity contribution >= 4 is 29.6 Å². The second-order valence-electron chi connectivity index (χ2n) is 6.41. The Bertz CT molecular complexity index is 913. The van der Waals surface area contributed by atoms with E-state index < -0.39 is 0 Å². The Morgan fingerprint density at radius 3 is 1.85 bits per heavy atom. The SMILES string of the molecule is CN(Cc1ccccc1)C(=O)N1c2ccccc2C=Cc2ccccc21. The molecule has 3 heteroatoms. The lowest BCUT2D eigenvalue weighted by molar-refractivity contribution is 0.216. The smallest absolute Gasteiger partial charge is 0.323 e. The van der Waals surface area contributed by atoms with E-state index in [0.717, 1.165) is 28.1 Å². The first-order chi connectivity index (χ1) is 12.7. The summed E-state index contributed by atoms with van der Waals surface area (Å²) in [5, 5.41) is 0. The van der Waals surface area contributed by atoms with Gasteiger partial charge < -0.3 is 4.90 Å². The highest BCUT2D eigenvalue weighted by Crippen LogP contribution is 2.36. The molecule has 0 atom stereocenters. The van der Waals surface area contributed by atoms with Crippen LogP contribution in [-0.2, 0) is 6.54 Å². The highest BCUT2D eigenvalue weighted by Gasteiger charge is 2.26. The molecule has 0 N–H and O–H groups in total. The number of rotatable bonds is 2. The molecule has 3 nitrogen and oxygen atoms in total. The van der Waals surface area contributed by atoms with E-state index in [2.05, 4.69) is 12.2 Å². The molecule has 0 bridgehead atoms. The molecule has 128 valence electrons. The maximum atomic E-state index is 13.4. The van der Waals surface area contributed by atoms with Crippen molar-refractivity contribution in [1.29, 1.82) is 0 Å². The third kappa shape index (κ3) is 3.00. The van der Waals surface area contributed by atoms with E-state index in [0.29, 0.717) is 6.54 Å². The van der Waals surface area contributed by atoms with Gasteiger partial charge in [0, 0.05) is 13.6 Å².